The van der Waals surface area contributed by atoms with Crippen LogP contribution in [0.1, 0.15) is 32.8 Å². The van der Waals surface area contributed by atoms with Gasteiger partial charge in [0.05, 0.1) is 0 Å². The maximum absolute atomic E-state index is 12.6. The van der Waals surface area contributed by atoms with Crippen molar-refractivity contribution in [3.63, 3.8) is 0 Å². The molecule has 2 fully saturated rings. The average Bonchev–Trinajstić information content (AvgIpc) is 2.68. The number of fused-ring (bicyclic) bond motifs is 2. The highest BCUT2D eigenvalue weighted by atomic mass is 32.2. The number of benzene rings is 1. The summed E-state index contributed by atoms with van der Waals surface area (Å²) < 4.78 is 33.1. The van der Waals surface area contributed by atoms with Crippen molar-refractivity contribution in [1.29, 1.82) is 0 Å². The summed E-state index contributed by atoms with van der Waals surface area (Å²) in [5.74, 6) is -0.824. The molecule has 0 amide bonds. The third-order valence-corrected chi connectivity index (χ3v) is 6.86. The molecule has 0 radical (unpaired) electrons. The van der Waals surface area contributed by atoms with E-state index in [-0.39, 0.29) is 5.78 Å². The van der Waals surface area contributed by atoms with Crippen LogP contribution in [0.3, 0.4) is 0 Å². The molecule has 5 heteroatoms. The van der Waals surface area contributed by atoms with Crippen LogP contribution in [0.2, 0.25) is 0 Å². The average molecular weight is 320 g/mol. The molecule has 1 aromatic carbocycles. The maximum Gasteiger partial charge on any atom is 0.275 e. The van der Waals surface area contributed by atoms with Crippen LogP contribution >= 0.6 is 0 Å². The Labute approximate surface area is 131 Å². The van der Waals surface area contributed by atoms with E-state index >= 15 is 0 Å². The molecule has 0 heterocycles. The standard InChI is InChI=1S/C17H20O4S/c1-16(2)13-12(9-11-7-5-4-6-8-11)10-17(16,3)15(18)14(13)22(19,20)21/h4-9,13-14H,10H2,1-3H3,(H,19,20,21). The highest BCUT2D eigenvalue weighted by Gasteiger charge is 2.71. The Balaban J connectivity index is 2.15. The lowest BCUT2D eigenvalue weighted by Gasteiger charge is -2.31. The predicted octanol–water partition coefficient (Wildman–Crippen LogP) is 2.96. The molecule has 3 rings (SSSR count). The van der Waals surface area contributed by atoms with Crippen molar-refractivity contribution in [2.45, 2.75) is 32.4 Å². The van der Waals surface area contributed by atoms with E-state index in [0.29, 0.717) is 6.42 Å². The Kier molecular flexibility index (Phi) is 3.17. The molecule has 3 atom stereocenters. The fourth-order valence-corrected chi connectivity index (χ4v) is 5.60. The number of carbonyl (C=O) groups is 1. The number of ketones is 1. The van der Waals surface area contributed by atoms with Gasteiger partial charge < -0.3 is 0 Å². The number of allylic oxidation sites excluding steroid dienone is 1. The van der Waals surface area contributed by atoms with Gasteiger partial charge in [-0.15, -0.1) is 0 Å². The van der Waals surface area contributed by atoms with Crippen LogP contribution in [0.4, 0.5) is 0 Å². The van der Waals surface area contributed by atoms with Gasteiger partial charge >= 0.3 is 0 Å². The fraction of sp³-hybridized carbons (Fsp3) is 0.471. The number of carbonyl (C=O) groups excluding carboxylic acids is 1. The molecule has 4 nitrogen and oxygen atoms in total. The number of Topliss-reactive ketones (excluding diaryl/α,β-unsaturated/α-hetero) is 1. The van der Waals surface area contributed by atoms with Crippen LogP contribution in [0.15, 0.2) is 35.9 Å². The summed E-state index contributed by atoms with van der Waals surface area (Å²) in [4.78, 5) is 12.6. The Bertz CT molecular complexity index is 761. The summed E-state index contributed by atoms with van der Waals surface area (Å²) in [5.41, 5.74) is 0.663. The van der Waals surface area contributed by atoms with E-state index in [1.54, 1.807) is 0 Å². The van der Waals surface area contributed by atoms with Gasteiger partial charge in [0.15, 0.2) is 11.0 Å². The van der Waals surface area contributed by atoms with Crippen LogP contribution in [0.25, 0.3) is 6.08 Å². The molecule has 0 saturated heterocycles. The largest absolute Gasteiger partial charge is 0.297 e. The van der Waals surface area contributed by atoms with Gasteiger partial charge in [-0.05, 0) is 17.4 Å². The van der Waals surface area contributed by atoms with Crippen LogP contribution in [-0.4, -0.2) is 24.0 Å². The Morgan fingerprint density at radius 1 is 1.18 bits per heavy atom. The molecule has 1 aromatic rings. The quantitative estimate of drug-likeness (QED) is 0.850. The van der Waals surface area contributed by atoms with Gasteiger partial charge in [0.1, 0.15) is 0 Å². The van der Waals surface area contributed by atoms with Crippen molar-refractivity contribution in [3.8, 4) is 0 Å². The van der Waals surface area contributed by atoms with Crippen LogP contribution in [0.5, 0.6) is 0 Å². The van der Waals surface area contributed by atoms with E-state index in [9.17, 15) is 17.8 Å². The number of hydrogen-bond acceptors (Lipinski definition) is 3. The Hall–Kier alpha value is -1.46. The lowest BCUT2D eigenvalue weighted by atomic mass is 9.70. The van der Waals surface area contributed by atoms with Crippen LogP contribution in [-0.2, 0) is 14.9 Å². The Morgan fingerprint density at radius 2 is 1.77 bits per heavy atom. The van der Waals surface area contributed by atoms with Crippen molar-refractivity contribution in [2.24, 2.45) is 16.7 Å². The zero-order valence-corrected chi connectivity index (χ0v) is 13.7. The second kappa shape index (κ2) is 4.52. The highest BCUT2D eigenvalue weighted by molar-refractivity contribution is 7.87. The monoisotopic (exact) mass is 320 g/mol. The molecule has 3 unspecified atom stereocenters. The minimum Gasteiger partial charge on any atom is -0.297 e. The second-order valence-electron chi connectivity index (χ2n) is 7.14. The van der Waals surface area contributed by atoms with E-state index in [2.05, 4.69) is 0 Å². The molecule has 0 aromatic heterocycles. The molecular weight excluding hydrogens is 300 g/mol. The van der Waals surface area contributed by atoms with E-state index in [1.807, 2.05) is 57.2 Å². The third kappa shape index (κ3) is 1.92. The van der Waals surface area contributed by atoms with Crippen molar-refractivity contribution in [1.82, 2.24) is 0 Å². The van der Waals surface area contributed by atoms with E-state index < -0.39 is 32.1 Å². The first-order chi connectivity index (χ1) is 10.1. The Morgan fingerprint density at radius 3 is 2.27 bits per heavy atom. The van der Waals surface area contributed by atoms with Gasteiger partial charge in [-0.1, -0.05) is 62.8 Å². The van der Waals surface area contributed by atoms with Gasteiger partial charge in [-0.25, -0.2) is 0 Å². The molecule has 2 saturated carbocycles. The molecule has 118 valence electrons. The van der Waals surface area contributed by atoms with Gasteiger partial charge in [-0.3, -0.25) is 9.35 Å². The smallest absolute Gasteiger partial charge is 0.275 e. The minimum atomic E-state index is -4.41. The minimum absolute atomic E-state index is 0.352. The van der Waals surface area contributed by atoms with Crippen LogP contribution < -0.4 is 0 Å². The maximum atomic E-state index is 12.6. The fourth-order valence-electron chi connectivity index (χ4n) is 4.21. The van der Waals surface area contributed by atoms with E-state index in [4.69, 9.17) is 0 Å². The molecule has 22 heavy (non-hydrogen) atoms. The highest BCUT2D eigenvalue weighted by Crippen LogP contribution is 2.67. The molecule has 0 aliphatic heterocycles. The van der Waals surface area contributed by atoms with Crippen molar-refractivity contribution >= 4 is 22.0 Å². The summed E-state index contributed by atoms with van der Waals surface area (Å²) in [6, 6.07) is 9.63. The first-order valence-corrected chi connectivity index (χ1v) is 8.85. The molecular formula is C17H20O4S. The second-order valence-corrected chi connectivity index (χ2v) is 8.68. The first kappa shape index (κ1) is 15.4. The first-order valence-electron chi connectivity index (χ1n) is 7.35. The molecule has 2 aliphatic rings. The molecule has 2 aliphatic carbocycles. The van der Waals surface area contributed by atoms with Crippen molar-refractivity contribution in [3.05, 3.63) is 41.5 Å². The summed E-state index contributed by atoms with van der Waals surface area (Å²) in [6.45, 7) is 5.67. The molecule has 0 spiro atoms. The zero-order chi connectivity index (χ0) is 16.3. The van der Waals surface area contributed by atoms with Crippen molar-refractivity contribution in [2.75, 3.05) is 0 Å². The normalized spacial score (nSPS) is 35.3. The summed E-state index contributed by atoms with van der Waals surface area (Å²) >= 11 is 0. The zero-order valence-electron chi connectivity index (χ0n) is 12.9. The van der Waals surface area contributed by atoms with Gasteiger partial charge in [-0.2, -0.15) is 8.42 Å². The summed E-state index contributed by atoms with van der Waals surface area (Å²) in [7, 11) is -4.41. The summed E-state index contributed by atoms with van der Waals surface area (Å²) in [5, 5.41) is -1.34. The molecule has 2 bridgehead atoms. The van der Waals surface area contributed by atoms with Gasteiger partial charge in [0.25, 0.3) is 10.1 Å². The molecule has 1 N–H and O–H groups in total. The number of rotatable bonds is 2. The predicted molar refractivity (Wildman–Crippen MR) is 84.8 cm³/mol. The van der Waals surface area contributed by atoms with Crippen molar-refractivity contribution < 1.29 is 17.8 Å². The van der Waals surface area contributed by atoms with E-state index in [1.165, 1.54) is 0 Å². The topological polar surface area (TPSA) is 71.4 Å². The third-order valence-electron chi connectivity index (χ3n) is 5.73. The number of hydrogen-bond donors (Lipinski definition) is 1. The lowest BCUT2D eigenvalue weighted by molar-refractivity contribution is -0.127. The van der Waals surface area contributed by atoms with Gasteiger partial charge in [0.2, 0.25) is 0 Å². The lowest BCUT2D eigenvalue weighted by Crippen LogP contribution is -2.39. The van der Waals surface area contributed by atoms with Gasteiger partial charge in [0, 0.05) is 11.3 Å². The van der Waals surface area contributed by atoms with E-state index in [0.717, 1.165) is 11.1 Å². The van der Waals surface area contributed by atoms with Crippen LogP contribution in [0, 0.1) is 16.7 Å². The summed E-state index contributed by atoms with van der Waals surface area (Å²) in [6.07, 6.45) is 2.51. The SMILES string of the molecule is CC12CC(=Cc3ccccc3)C(C(S(=O)(=O)O)C1=O)C2(C)C.